The molecule has 0 aliphatic carbocycles. The van der Waals surface area contributed by atoms with E-state index in [2.05, 4.69) is 19.2 Å². The molecular formula is C11H21NO2. The molecular weight excluding hydrogens is 178 g/mol. The molecule has 1 heterocycles. The first-order chi connectivity index (χ1) is 6.63. The van der Waals surface area contributed by atoms with Gasteiger partial charge in [0.1, 0.15) is 6.04 Å². The number of esters is 1. The van der Waals surface area contributed by atoms with Crippen LogP contribution >= 0.6 is 0 Å². The third-order valence-electron chi connectivity index (χ3n) is 2.81. The summed E-state index contributed by atoms with van der Waals surface area (Å²) in [6.07, 6.45) is 3.32. The lowest BCUT2D eigenvalue weighted by molar-refractivity contribution is -0.144. The summed E-state index contributed by atoms with van der Waals surface area (Å²) in [6, 6.07) is -0.0663. The van der Waals surface area contributed by atoms with Gasteiger partial charge in [-0.05, 0) is 37.6 Å². The minimum absolute atomic E-state index is 0.0663. The van der Waals surface area contributed by atoms with Crippen LogP contribution in [0.2, 0.25) is 0 Å². The molecule has 14 heavy (non-hydrogen) atoms. The molecule has 3 heteroatoms. The fourth-order valence-corrected chi connectivity index (χ4v) is 2.13. The van der Waals surface area contributed by atoms with Crippen LogP contribution in [0.1, 0.15) is 33.1 Å². The Labute approximate surface area is 86.2 Å². The summed E-state index contributed by atoms with van der Waals surface area (Å²) in [5.74, 6) is 1.36. The summed E-state index contributed by atoms with van der Waals surface area (Å²) in [6.45, 7) is 5.44. The standard InChI is InChI=1S/C11H21NO2/c1-8(2)6-9-4-5-10(12-7-9)11(13)14-3/h8-10,12H,4-7H2,1-3H3/t9-,10-/m0/s1. The summed E-state index contributed by atoms with van der Waals surface area (Å²) in [5.41, 5.74) is 0. The quantitative estimate of drug-likeness (QED) is 0.701. The summed E-state index contributed by atoms with van der Waals surface area (Å²) < 4.78 is 4.70. The highest BCUT2D eigenvalue weighted by Crippen LogP contribution is 2.21. The van der Waals surface area contributed by atoms with Gasteiger partial charge in [0.2, 0.25) is 0 Å². The van der Waals surface area contributed by atoms with Crippen molar-refractivity contribution in [2.45, 2.75) is 39.2 Å². The largest absolute Gasteiger partial charge is 0.468 e. The summed E-state index contributed by atoms with van der Waals surface area (Å²) in [4.78, 5) is 11.2. The van der Waals surface area contributed by atoms with Crippen LogP contribution < -0.4 is 5.32 Å². The Hall–Kier alpha value is -0.570. The zero-order valence-corrected chi connectivity index (χ0v) is 9.38. The van der Waals surface area contributed by atoms with E-state index in [-0.39, 0.29) is 12.0 Å². The molecule has 0 aromatic carbocycles. The van der Waals surface area contributed by atoms with E-state index in [0.717, 1.165) is 31.2 Å². The normalized spacial score (nSPS) is 27.7. The molecule has 1 fully saturated rings. The van der Waals surface area contributed by atoms with E-state index >= 15 is 0 Å². The number of carbonyl (C=O) groups excluding carboxylic acids is 1. The fourth-order valence-electron chi connectivity index (χ4n) is 2.13. The molecule has 0 aromatic rings. The van der Waals surface area contributed by atoms with Gasteiger partial charge in [0.15, 0.2) is 0 Å². The third-order valence-corrected chi connectivity index (χ3v) is 2.81. The number of methoxy groups -OCH3 is 1. The Kier molecular flexibility index (Phi) is 4.39. The van der Waals surface area contributed by atoms with Crippen LogP contribution in [-0.2, 0) is 9.53 Å². The van der Waals surface area contributed by atoms with E-state index in [1.807, 2.05) is 0 Å². The molecule has 0 radical (unpaired) electrons. The molecule has 1 N–H and O–H groups in total. The topological polar surface area (TPSA) is 38.3 Å². The third kappa shape index (κ3) is 3.29. The van der Waals surface area contributed by atoms with Crippen LogP contribution in [0, 0.1) is 11.8 Å². The second-order valence-corrected chi connectivity index (χ2v) is 4.56. The van der Waals surface area contributed by atoms with Crippen molar-refractivity contribution in [1.82, 2.24) is 5.32 Å². The Morgan fingerprint density at radius 2 is 2.21 bits per heavy atom. The van der Waals surface area contributed by atoms with Crippen LogP contribution in [-0.4, -0.2) is 25.7 Å². The minimum Gasteiger partial charge on any atom is -0.468 e. The van der Waals surface area contributed by atoms with E-state index in [0.29, 0.717) is 0 Å². The lowest BCUT2D eigenvalue weighted by atomic mass is 9.88. The maximum atomic E-state index is 11.2. The minimum atomic E-state index is -0.118. The van der Waals surface area contributed by atoms with Crippen molar-refractivity contribution in [2.75, 3.05) is 13.7 Å². The predicted molar refractivity (Wildman–Crippen MR) is 56.0 cm³/mol. The molecule has 0 saturated carbocycles. The summed E-state index contributed by atoms with van der Waals surface area (Å²) in [5, 5.41) is 3.25. The number of hydrogen-bond donors (Lipinski definition) is 1. The molecule has 0 aromatic heterocycles. The van der Waals surface area contributed by atoms with Crippen LogP contribution in [0.5, 0.6) is 0 Å². The van der Waals surface area contributed by atoms with Crippen molar-refractivity contribution in [2.24, 2.45) is 11.8 Å². The van der Waals surface area contributed by atoms with Gasteiger partial charge in [-0.1, -0.05) is 13.8 Å². The van der Waals surface area contributed by atoms with Crippen molar-refractivity contribution in [1.29, 1.82) is 0 Å². The average molecular weight is 199 g/mol. The van der Waals surface area contributed by atoms with Gasteiger partial charge < -0.3 is 10.1 Å². The van der Waals surface area contributed by atoms with Crippen molar-refractivity contribution in [3.05, 3.63) is 0 Å². The second-order valence-electron chi connectivity index (χ2n) is 4.56. The first-order valence-electron chi connectivity index (χ1n) is 5.44. The molecule has 1 aliphatic heterocycles. The number of carbonyl (C=O) groups is 1. The molecule has 0 amide bonds. The maximum absolute atomic E-state index is 11.2. The molecule has 3 nitrogen and oxygen atoms in total. The van der Waals surface area contributed by atoms with Gasteiger partial charge in [-0.15, -0.1) is 0 Å². The molecule has 1 rings (SSSR count). The highest BCUT2D eigenvalue weighted by Gasteiger charge is 2.26. The van der Waals surface area contributed by atoms with Gasteiger partial charge in [0.05, 0.1) is 7.11 Å². The second kappa shape index (κ2) is 5.35. The van der Waals surface area contributed by atoms with Gasteiger partial charge in [-0.3, -0.25) is 4.79 Å². The van der Waals surface area contributed by atoms with Crippen molar-refractivity contribution >= 4 is 5.97 Å². The molecule has 2 atom stereocenters. The highest BCUT2D eigenvalue weighted by atomic mass is 16.5. The Balaban J connectivity index is 2.27. The van der Waals surface area contributed by atoms with Crippen LogP contribution in [0.3, 0.4) is 0 Å². The molecule has 0 spiro atoms. The number of piperidine rings is 1. The molecule has 1 aliphatic rings. The van der Waals surface area contributed by atoms with Crippen molar-refractivity contribution < 1.29 is 9.53 Å². The first kappa shape index (κ1) is 11.5. The van der Waals surface area contributed by atoms with E-state index in [9.17, 15) is 4.79 Å². The number of rotatable bonds is 3. The number of ether oxygens (including phenoxy) is 1. The first-order valence-corrected chi connectivity index (χ1v) is 5.44. The Bertz CT molecular complexity index is 184. The van der Waals surface area contributed by atoms with Crippen molar-refractivity contribution in [3.8, 4) is 0 Å². The van der Waals surface area contributed by atoms with Crippen molar-refractivity contribution in [3.63, 3.8) is 0 Å². The fraction of sp³-hybridized carbons (Fsp3) is 0.909. The summed E-state index contributed by atoms with van der Waals surface area (Å²) in [7, 11) is 1.45. The van der Waals surface area contributed by atoms with Gasteiger partial charge in [-0.25, -0.2) is 0 Å². The number of nitrogens with one attached hydrogen (secondary N) is 1. The van der Waals surface area contributed by atoms with Crippen LogP contribution in [0.25, 0.3) is 0 Å². The molecule has 0 bridgehead atoms. The van der Waals surface area contributed by atoms with Crippen LogP contribution in [0.15, 0.2) is 0 Å². The van der Waals surface area contributed by atoms with E-state index < -0.39 is 0 Å². The average Bonchev–Trinajstić information content (AvgIpc) is 2.17. The zero-order chi connectivity index (χ0) is 10.6. The predicted octanol–water partition coefficient (Wildman–Crippen LogP) is 1.57. The maximum Gasteiger partial charge on any atom is 0.322 e. The molecule has 1 saturated heterocycles. The van der Waals surface area contributed by atoms with Gasteiger partial charge in [0, 0.05) is 0 Å². The monoisotopic (exact) mass is 199 g/mol. The number of hydrogen-bond acceptors (Lipinski definition) is 3. The molecule has 0 unspecified atom stereocenters. The lowest BCUT2D eigenvalue weighted by Gasteiger charge is -2.29. The Morgan fingerprint density at radius 1 is 1.50 bits per heavy atom. The van der Waals surface area contributed by atoms with E-state index in [1.54, 1.807) is 0 Å². The van der Waals surface area contributed by atoms with Gasteiger partial charge in [0.25, 0.3) is 0 Å². The lowest BCUT2D eigenvalue weighted by Crippen LogP contribution is -2.44. The Morgan fingerprint density at radius 3 is 2.64 bits per heavy atom. The van der Waals surface area contributed by atoms with Crippen LogP contribution in [0.4, 0.5) is 0 Å². The SMILES string of the molecule is COC(=O)[C@@H]1CC[C@@H](CC(C)C)CN1. The zero-order valence-electron chi connectivity index (χ0n) is 9.38. The van der Waals surface area contributed by atoms with Gasteiger partial charge >= 0.3 is 5.97 Å². The highest BCUT2D eigenvalue weighted by molar-refractivity contribution is 5.75. The van der Waals surface area contributed by atoms with Gasteiger partial charge in [-0.2, -0.15) is 0 Å². The van der Waals surface area contributed by atoms with E-state index in [1.165, 1.54) is 13.5 Å². The molecule has 82 valence electrons. The smallest absolute Gasteiger partial charge is 0.322 e. The van der Waals surface area contributed by atoms with E-state index in [4.69, 9.17) is 4.74 Å². The summed E-state index contributed by atoms with van der Waals surface area (Å²) >= 11 is 0.